The Labute approximate surface area is 148 Å². The molecule has 3 aliphatic heterocycles. The monoisotopic (exact) mass is 360 g/mol. The van der Waals surface area contributed by atoms with Gasteiger partial charge in [0.05, 0.1) is 17.5 Å². The molecule has 1 atom stereocenters. The van der Waals surface area contributed by atoms with Gasteiger partial charge in [0, 0.05) is 30.9 Å². The van der Waals surface area contributed by atoms with Crippen molar-refractivity contribution in [1.82, 2.24) is 10.2 Å². The Kier molecular flexibility index (Phi) is 3.99. The highest BCUT2D eigenvalue weighted by Gasteiger charge is 2.36. The Hall–Kier alpha value is -2.35. The van der Waals surface area contributed by atoms with E-state index in [0.29, 0.717) is 17.1 Å². The number of carbonyl (C=O) groups is 2. The van der Waals surface area contributed by atoms with Gasteiger partial charge in [-0.3, -0.25) is 14.6 Å². The normalized spacial score (nSPS) is 22.6. The molecule has 0 radical (unpaired) electrons. The summed E-state index contributed by atoms with van der Waals surface area (Å²) in [6, 6.07) is 5.54. The van der Waals surface area contributed by atoms with Gasteiger partial charge in [-0.15, -0.1) is 0 Å². The van der Waals surface area contributed by atoms with Crippen LogP contribution in [0.15, 0.2) is 39.9 Å². The van der Waals surface area contributed by atoms with Gasteiger partial charge < -0.3 is 15.1 Å². The predicted octanol–water partition coefficient (Wildman–Crippen LogP) is 1.70. The number of benzene rings is 1. The summed E-state index contributed by atoms with van der Waals surface area (Å²) < 4.78 is 13.0. The minimum Gasteiger partial charge on any atom is -0.346 e. The van der Waals surface area contributed by atoms with Crippen molar-refractivity contribution in [2.45, 2.75) is 19.4 Å². The van der Waals surface area contributed by atoms with Gasteiger partial charge in [0.15, 0.2) is 5.17 Å². The number of fused-ring (bicyclic) bond motifs is 1. The fourth-order valence-corrected chi connectivity index (χ4v) is 4.34. The fourth-order valence-electron chi connectivity index (χ4n) is 3.25. The molecule has 3 heterocycles. The smallest absolute Gasteiger partial charge is 0.260 e. The molecule has 1 aromatic carbocycles. The van der Waals surface area contributed by atoms with Crippen LogP contribution in [0.2, 0.25) is 0 Å². The quantitative estimate of drug-likeness (QED) is 0.891. The molecule has 0 aliphatic carbocycles. The van der Waals surface area contributed by atoms with Crippen molar-refractivity contribution >= 4 is 34.4 Å². The molecular formula is C17H17FN4O2S. The van der Waals surface area contributed by atoms with E-state index in [1.165, 1.54) is 23.9 Å². The van der Waals surface area contributed by atoms with Crippen LogP contribution in [0.3, 0.4) is 0 Å². The van der Waals surface area contributed by atoms with E-state index in [9.17, 15) is 14.0 Å². The first-order valence-electron chi connectivity index (χ1n) is 8.10. The Morgan fingerprint density at radius 1 is 1.32 bits per heavy atom. The van der Waals surface area contributed by atoms with E-state index in [2.05, 4.69) is 10.3 Å². The Morgan fingerprint density at radius 2 is 2.08 bits per heavy atom. The number of nitrogens with one attached hydrogen (secondary N) is 1. The van der Waals surface area contributed by atoms with E-state index >= 15 is 0 Å². The molecule has 0 saturated carbocycles. The number of aliphatic imine (C=N–C) groups is 1. The minimum atomic E-state index is -0.343. The maximum Gasteiger partial charge on any atom is 0.260 e. The van der Waals surface area contributed by atoms with Gasteiger partial charge in [-0.25, -0.2) is 4.39 Å². The van der Waals surface area contributed by atoms with Crippen molar-refractivity contribution in [2.24, 2.45) is 4.99 Å². The number of halogens is 1. The van der Waals surface area contributed by atoms with Gasteiger partial charge in [0.25, 0.3) is 5.91 Å². The molecule has 1 N–H and O–H groups in total. The molecule has 1 saturated heterocycles. The summed E-state index contributed by atoms with van der Waals surface area (Å²) >= 11 is 1.38. The van der Waals surface area contributed by atoms with Crippen molar-refractivity contribution < 1.29 is 14.0 Å². The van der Waals surface area contributed by atoms with Crippen LogP contribution in [-0.2, 0) is 9.59 Å². The van der Waals surface area contributed by atoms with Gasteiger partial charge in [-0.2, -0.15) is 0 Å². The molecule has 0 unspecified atom stereocenters. The number of thioether (sulfide) groups is 1. The molecule has 0 bridgehead atoms. The first-order valence-corrected chi connectivity index (χ1v) is 8.92. The number of hydrogen-bond donors (Lipinski definition) is 1. The molecule has 6 nitrogen and oxygen atoms in total. The van der Waals surface area contributed by atoms with Crippen molar-refractivity contribution in [3.05, 3.63) is 40.7 Å². The third kappa shape index (κ3) is 2.90. The van der Waals surface area contributed by atoms with Gasteiger partial charge in [0.2, 0.25) is 5.91 Å². The Morgan fingerprint density at radius 3 is 2.80 bits per heavy atom. The van der Waals surface area contributed by atoms with Gasteiger partial charge in [-0.1, -0.05) is 0 Å². The average Bonchev–Trinajstić information content (AvgIpc) is 3.25. The van der Waals surface area contributed by atoms with E-state index in [-0.39, 0.29) is 30.1 Å². The molecule has 25 heavy (non-hydrogen) atoms. The summed E-state index contributed by atoms with van der Waals surface area (Å²) in [5.41, 5.74) is 1.56. The number of amides is 2. The lowest BCUT2D eigenvalue weighted by Gasteiger charge is -2.17. The second kappa shape index (κ2) is 6.18. The van der Waals surface area contributed by atoms with Crippen LogP contribution >= 0.6 is 11.8 Å². The molecule has 8 heteroatoms. The van der Waals surface area contributed by atoms with Crippen molar-refractivity contribution in [2.75, 3.05) is 24.5 Å². The summed E-state index contributed by atoms with van der Waals surface area (Å²) in [5, 5.41) is 3.82. The highest BCUT2D eigenvalue weighted by atomic mass is 32.2. The second-order valence-corrected chi connectivity index (χ2v) is 7.17. The molecule has 0 spiro atoms. The van der Waals surface area contributed by atoms with E-state index in [1.54, 1.807) is 17.0 Å². The predicted molar refractivity (Wildman–Crippen MR) is 94.6 cm³/mol. The summed E-state index contributed by atoms with van der Waals surface area (Å²) in [7, 11) is 0. The van der Waals surface area contributed by atoms with Crippen LogP contribution in [0.1, 0.15) is 13.3 Å². The highest BCUT2D eigenvalue weighted by molar-refractivity contribution is 8.18. The lowest BCUT2D eigenvalue weighted by atomic mass is 10.2. The number of allylic oxidation sites excluding steroid dienone is 1. The van der Waals surface area contributed by atoms with E-state index in [0.717, 1.165) is 24.0 Å². The third-order valence-electron chi connectivity index (χ3n) is 4.53. The number of hydrogen-bond acceptors (Lipinski definition) is 5. The van der Waals surface area contributed by atoms with Crippen LogP contribution < -0.4 is 10.2 Å². The summed E-state index contributed by atoms with van der Waals surface area (Å²) in [5.74, 6) is -0.589. The first kappa shape index (κ1) is 16.1. The zero-order valence-electron chi connectivity index (χ0n) is 13.7. The number of anilines is 1. The largest absolute Gasteiger partial charge is 0.346 e. The van der Waals surface area contributed by atoms with Crippen molar-refractivity contribution in [3.8, 4) is 0 Å². The fraction of sp³-hybridized carbons (Fsp3) is 0.353. The number of nitrogens with zero attached hydrogens (tertiary/aromatic N) is 3. The van der Waals surface area contributed by atoms with Crippen molar-refractivity contribution in [3.63, 3.8) is 0 Å². The lowest BCUT2D eigenvalue weighted by Crippen LogP contribution is -2.37. The molecule has 0 aromatic heterocycles. The third-order valence-corrected chi connectivity index (χ3v) is 5.75. The van der Waals surface area contributed by atoms with Crippen LogP contribution in [-0.4, -0.2) is 47.6 Å². The zero-order valence-corrected chi connectivity index (χ0v) is 14.5. The average molecular weight is 360 g/mol. The van der Waals surface area contributed by atoms with E-state index < -0.39 is 0 Å². The van der Waals surface area contributed by atoms with Gasteiger partial charge >= 0.3 is 0 Å². The summed E-state index contributed by atoms with van der Waals surface area (Å²) in [4.78, 5) is 33.5. The SMILES string of the molecule is CC1=C(C(=O)N[C@H]2CC(=O)N(c3ccc(F)cc3)C2)SC2=NCCN21. The maximum atomic E-state index is 13.0. The van der Waals surface area contributed by atoms with Crippen LogP contribution in [0.4, 0.5) is 10.1 Å². The number of amidine groups is 1. The highest BCUT2D eigenvalue weighted by Crippen LogP contribution is 2.36. The number of rotatable bonds is 3. The van der Waals surface area contributed by atoms with Crippen molar-refractivity contribution in [1.29, 1.82) is 0 Å². The lowest BCUT2D eigenvalue weighted by molar-refractivity contribution is -0.118. The zero-order chi connectivity index (χ0) is 17.6. The maximum absolute atomic E-state index is 13.0. The van der Waals surface area contributed by atoms with Crippen LogP contribution in [0, 0.1) is 5.82 Å². The van der Waals surface area contributed by atoms with E-state index in [1.807, 2.05) is 11.8 Å². The first-order chi connectivity index (χ1) is 12.0. The Balaban J connectivity index is 1.43. The van der Waals surface area contributed by atoms with Gasteiger partial charge in [0.1, 0.15) is 5.82 Å². The molecular weight excluding hydrogens is 343 g/mol. The van der Waals surface area contributed by atoms with Crippen LogP contribution in [0.5, 0.6) is 0 Å². The second-order valence-electron chi connectivity index (χ2n) is 6.19. The standard InChI is InChI=1S/C17H17FN4O2S/c1-10-15(25-17-19-6-7-21(10)17)16(24)20-12-8-14(23)22(9-12)13-4-2-11(18)3-5-13/h2-5,12H,6-9H2,1H3,(H,20,24)/t12-/m0/s1. The minimum absolute atomic E-state index is 0.0771. The number of carbonyl (C=O) groups excluding carboxylic acids is 2. The summed E-state index contributed by atoms with van der Waals surface area (Å²) in [6.45, 7) is 3.88. The van der Waals surface area contributed by atoms with E-state index in [4.69, 9.17) is 0 Å². The molecule has 4 rings (SSSR count). The Bertz CT molecular complexity index is 805. The molecule has 1 aromatic rings. The molecule has 2 amide bonds. The summed E-state index contributed by atoms with van der Waals surface area (Å²) in [6.07, 6.45) is 0.241. The van der Waals surface area contributed by atoms with Crippen LogP contribution in [0.25, 0.3) is 0 Å². The van der Waals surface area contributed by atoms with Gasteiger partial charge in [-0.05, 0) is 43.0 Å². The molecule has 130 valence electrons. The topological polar surface area (TPSA) is 65.0 Å². The molecule has 1 fully saturated rings. The molecule has 3 aliphatic rings.